The van der Waals surface area contributed by atoms with Crippen LogP contribution in [0.2, 0.25) is 5.02 Å². The van der Waals surface area contributed by atoms with Crippen LogP contribution in [0.4, 0.5) is 4.39 Å². The van der Waals surface area contributed by atoms with Crippen LogP contribution in [0.25, 0.3) is 10.9 Å². The molecule has 1 amide bonds. The largest absolute Gasteiger partial charge is 0.342 e. The standard InChI is InChI=1S/C18H15ClFN3O2/c1-10(21-17(24)11-4-3-5-13(20)8-11)16-22-15-9-12(19)6-7-14(15)18(25)23(16)2/h3-10H,1-2H3,(H,21,24)/t10-/m0/s1. The van der Waals surface area contributed by atoms with Crippen molar-refractivity contribution in [2.45, 2.75) is 13.0 Å². The summed E-state index contributed by atoms with van der Waals surface area (Å²) in [5.41, 5.74) is 0.418. The average Bonchev–Trinajstić information content (AvgIpc) is 2.57. The highest BCUT2D eigenvalue weighted by Gasteiger charge is 2.17. The minimum absolute atomic E-state index is 0.195. The summed E-state index contributed by atoms with van der Waals surface area (Å²) < 4.78 is 14.6. The van der Waals surface area contributed by atoms with Crippen LogP contribution in [0.3, 0.4) is 0 Å². The number of fused-ring (bicyclic) bond motifs is 1. The molecule has 0 aliphatic rings. The number of nitrogens with one attached hydrogen (secondary N) is 1. The maximum Gasteiger partial charge on any atom is 0.261 e. The molecule has 1 heterocycles. The van der Waals surface area contributed by atoms with E-state index >= 15 is 0 Å². The van der Waals surface area contributed by atoms with Crippen molar-refractivity contribution in [3.63, 3.8) is 0 Å². The first-order valence-corrected chi connectivity index (χ1v) is 7.97. The molecule has 3 aromatic rings. The van der Waals surface area contributed by atoms with Gasteiger partial charge in [0.25, 0.3) is 11.5 Å². The summed E-state index contributed by atoms with van der Waals surface area (Å²) in [4.78, 5) is 29.2. The number of amides is 1. The van der Waals surface area contributed by atoms with Gasteiger partial charge in [0.2, 0.25) is 0 Å². The van der Waals surface area contributed by atoms with Crippen molar-refractivity contribution in [2.75, 3.05) is 0 Å². The van der Waals surface area contributed by atoms with Gasteiger partial charge in [-0.15, -0.1) is 0 Å². The van der Waals surface area contributed by atoms with Crippen LogP contribution in [-0.4, -0.2) is 15.5 Å². The second-order valence-corrected chi connectivity index (χ2v) is 6.14. The van der Waals surface area contributed by atoms with Gasteiger partial charge in [-0.05, 0) is 43.3 Å². The Morgan fingerprint density at radius 2 is 2.04 bits per heavy atom. The fraction of sp³-hybridized carbons (Fsp3) is 0.167. The van der Waals surface area contributed by atoms with Crippen LogP contribution < -0.4 is 10.9 Å². The molecule has 0 saturated carbocycles. The number of carbonyl (C=O) groups excluding carboxylic acids is 1. The Morgan fingerprint density at radius 1 is 1.28 bits per heavy atom. The van der Waals surface area contributed by atoms with Gasteiger partial charge in [-0.1, -0.05) is 17.7 Å². The summed E-state index contributed by atoms with van der Waals surface area (Å²) in [7, 11) is 1.59. The van der Waals surface area contributed by atoms with Gasteiger partial charge in [0.15, 0.2) is 0 Å². The molecule has 0 fully saturated rings. The van der Waals surface area contributed by atoms with Crippen LogP contribution in [0.1, 0.15) is 29.1 Å². The fourth-order valence-corrected chi connectivity index (χ4v) is 2.79. The fourth-order valence-electron chi connectivity index (χ4n) is 2.62. The number of nitrogens with zero attached hydrogens (tertiary/aromatic N) is 2. The normalized spacial score (nSPS) is 12.2. The maximum absolute atomic E-state index is 13.3. The molecule has 0 saturated heterocycles. The molecule has 1 aromatic heterocycles. The van der Waals surface area contributed by atoms with Crippen molar-refractivity contribution in [1.82, 2.24) is 14.9 Å². The van der Waals surface area contributed by atoms with E-state index in [1.165, 1.54) is 22.8 Å². The quantitative estimate of drug-likeness (QED) is 0.781. The summed E-state index contributed by atoms with van der Waals surface area (Å²) in [5.74, 6) is -0.567. The average molecular weight is 360 g/mol. The van der Waals surface area contributed by atoms with Crippen LogP contribution in [0.15, 0.2) is 47.3 Å². The van der Waals surface area contributed by atoms with E-state index in [9.17, 15) is 14.0 Å². The van der Waals surface area contributed by atoms with Crippen molar-refractivity contribution in [3.8, 4) is 0 Å². The minimum Gasteiger partial charge on any atom is -0.342 e. The van der Waals surface area contributed by atoms with Crippen molar-refractivity contribution < 1.29 is 9.18 Å². The molecular formula is C18H15ClFN3O2. The van der Waals surface area contributed by atoms with Crippen LogP contribution in [0, 0.1) is 5.82 Å². The molecule has 2 aromatic carbocycles. The predicted molar refractivity (Wildman–Crippen MR) is 94.3 cm³/mol. The maximum atomic E-state index is 13.3. The van der Waals surface area contributed by atoms with Gasteiger partial charge in [-0.2, -0.15) is 0 Å². The Hall–Kier alpha value is -2.73. The van der Waals surface area contributed by atoms with E-state index in [0.717, 1.165) is 6.07 Å². The SMILES string of the molecule is C[C@H](NC(=O)c1cccc(F)c1)c1nc2cc(Cl)ccc2c(=O)n1C. The van der Waals surface area contributed by atoms with E-state index < -0.39 is 17.8 Å². The number of hydrogen-bond donors (Lipinski definition) is 1. The monoisotopic (exact) mass is 359 g/mol. The topological polar surface area (TPSA) is 64.0 Å². The van der Waals surface area contributed by atoms with E-state index in [1.807, 2.05) is 0 Å². The van der Waals surface area contributed by atoms with Gasteiger partial charge in [0.05, 0.1) is 16.9 Å². The molecule has 0 aliphatic carbocycles. The lowest BCUT2D eigenvalue weighted by atomic mass is 10.2. The minimum atomic E-state index is -0.558. The predicted octanol–water partition coefficient (Wildman–Crippen LogP) is 3.22. The third-order valence-electron chi connectivity index (χ3n) is 3.90. The zero-order valence-electron chi connectivity index (χ0n) is 13.6. The first kappa shape index (κ1) is 17.1. The third-order valence-corrected chi connectivity index (χ3v) is 4.13. The second kappa shape index (κ2) is 6.64. The molecular weight excluding hydrogens is 345 g/mol. The summed E-state index contributed by atoms with van der Waals surface area (Å²) >= 11 is 5.97. The number of halogens is 2. The number of aromatic nitrogens is 2. The zero-order valence-corrected chi connectivity index (χ0v) is 14.3. The number of rotatable bonds is 3. The van der Waals surface area contributed by atoms with E-state index in [2.05, 4.69) is 10.3 Å². The second-order valence-electron chi connectivity index (χ2n) is 5.70. The van der Waals surface area contributed by atoms with Crippen molar-refractivity contribution in [1.29, 1.82) is 0 Å². The first-order chi connectivity index (χ1) is 11.9. The molecule has 3 rings (SSSR count). The molecule has 0 radical (unpaired) electrons. The molecule has 1 N–H and O–H groups in total. The molecule has 1 atom stereocenters. The summed E-state index contributed by atoms with van der Waals surface area (Å²) in [6, 6.07) is 9.67. The molecule has 0 aliphatic heterocycles. The molecule has 128 valence electrons. The lowest BCUT2D eigenvalue weighted by molar-refractivity contribution is 0.0937. The summed E-state index contributed by atoms with van der Waals surface area (Å²) in [5, 5.41) is 3.64. The molecule has 0 spiro atoms. The molecule has 7 heteroatoms. The third kappa shape index (κ3) is 3.39. The highest BCUT2D eigenvalue weighted by Crippen LogP contribution is 2.18. The number of carbonyl (C=O) groups is 1. The van der Waals surface area contributed by atoms with E-state index in [-0.39, 0.29) is 11.1 Å². The lowest BCUT2D eigenvalue weighted by Crippen LogP contribution is -2.32. The summed E-state index contributed by atoms with van der Waals surface area (Å²) in [6.07, 6.45) is 0. The number of hydrogen-bond acceptors (Lipinski definition) is 3. The molecule has 25 heavy (non-hydrogen) atoms. The van der Waals surface area contributed by atoms with Crippen LogP contribution in [-0.2, 0) is 7.05 Å². The highest BCUT2D eigenvalue weighted by atomic mass is 35.5. The van der Waals surface area contributed by atoms with Crippen LogP contribution in [0.5, 0.6) is 0 Å². The Kier molecular flexibility index (Phi) is 4.55. The van der Waals surface area contributed by atoms with E-state index in [0.29, 0.717) is 21.7 Å². The van der Waals surface area contributed by atoms with Gasteiger partial charge in [-0.3, -0.25) is 14.2 Å². The molecule has 0 unspecified atom stereocenters. The Balaban J connectivity index is 1.96. The van der Waals surface area contributed by atoms with E-state index in [4.69, 9.17) is 11.6 Å². The van der Waals surface area contributed by atoms with Gasteiger partial charge in [0, 0.05) is 17.6 Å². The Labute approximate surface area is 148 Å². The zero-order chi connectivity index (χ0) is 18.1. The highest BCUT2D eigenvalue weighted by molar-refractivity contribution is 6.31. The van der Waals surface area contributed by atoms with Gasteiger partial charge in [-0.25, -0.2) is 9.37 Å². The smallest absolute Gasteiger partial charge is 0.261 e. The molecule has 0 bridgehead atoms. The van der Waals surface area contributed by atoms with Gasteiger partial charge in [0.1, 0.15) is 11.6 Å². The molecule has 5 nitrogen and oxygen atoms in total. The van der Waals surface area contributed by atoms with Crippen molar-refractivity contribution in [2.24, 2.45) is 7.05 Å². The summed E-state index contributed by atoms with van der Waals surface area (Å²) in [6.45, 7) is 1.70. The van der Waals surface area contributed by atoms with Crippen LogP contribution >= 0.6 is 11.6 Å². The number of benzene rings is 2. The van der Waals surface area contributed by atoms with Gasteiger partial charge >= 0.3 is 0 Å². The van der Waals surface area contributed by atoms with Crippen molar-refractivity contribution >= 4 is 28.4 Å². The van der Waals surface area contributed by atoms with E-state index in [1.54, 1.807) is 32.2 Å². The lowest BCUT2D eigenvalue weighted by Gasteiger charge is -2.17. The first-order valence-electron chi connectivity index (χ1n) is 7.59. The van der Waals surface area contributed by atoms with Gasteiger partial charge < -0.3 is 5.32 Å². The Morgan fingerprint density at radius 3 is 2.76 bits per heavy atom. The van der Waals surface area contributed by atoms with Crippen molar-refractivity contribution in [3.05, 3.63) is 75.0 Å². The Bertz CT molecular complexity index is 1030.